The van der Waals surface area contributed by atoms with Gasteiger partial charge in [0, 0.05) is 55.0 Å². The van der Waals surface area contributed by atoms with E-state index in [9.17, 15) is 10.1 Å². The lowest BCUT2D eigenvalue weighted by Gasteiger charge is -2.37. The van der Waals surface area contributed by atoms with Gasteiger partial charge in [0.2, 0.25) is 5.91 Å². The van der Waals surface area contributed by atoms with Crippen molar-refractivity contribution in [3.63, 3.8) is 0 Å². The Morgan fingerprint density at radius 1 is 1.10 bits per heavy atom. The molecule has 0 atom stereocenters. The Hall–Kier alpha value is -3.14. The highest BCUT2D eigenvalue weighted by molar-refractivity contribution is 6.31. The molecule has 0 N–H and O–H groups in total. The Morgan fingerprint density at radius 3 is 2.71 bits per heavy atom. The van der Waals surface area contributed by atoms with E-state index in [-0.39, 0.29) is 5.91 Å². The first-order valence-corrected chi connectivity index (χ1v) is 10.9. The molecule has 1 saturated heterocycles. The third-order valence-electron chi connectivity index (χ3n) is 6.16. The first-order valence-electron chi connectivity index (χ1n) is 10.5. The van der Waals surface area contributed by atoms with Gasteiger partial charge in [-0.1, -0.05) is 29.8 Å². The highest BCUT2D eigenvalue weighted by atomic mass is 35.5. The van der Waals surface area contributed by atoms with E-state index in [1.54, 1.807) is 6.20 Å². The summed E-state index contributed by atoms with van der Waals surface area (Å²) in [6.45, 7) is 4.17. The van der Waals surface area contributed by atoms with Crippen LogP contribution in [0.25, 0.3) is 10.9 Å². The molecule has 2 aromatic carbocycles. The summed E-state index contributed by atoms with van der Waals surface area (Å²) in [5, 5.41) is 11.2. The number of amides is 1. The summed E-state index contributed by atoms with van der Waals surface area (Å²) in [5.41, 5.74) is 4.55. The second-order valence-corrected chi connectivity index (χ2v) is 8.42. The summed E-state index contributed by atoms with van der Waals surface area (Å²) in [4.78, 5) is 23.7. The number of hydrogen-bond acceptors (Lipinski definition) is 5. The molecule has 0 unspecified atom stereocenters. The van der Waals surface area contributed by atoms with Gasteiger partial charge in [-0.05, 0) is 36.2 Å². The van der Waals surface area contributed by atoms with Gasteiger partial charge in [0.25, 0.3) is 0 Å². The molecule has 1 aromatic heterocycles. The first-order chi connectivity index (χ1) is 15.1. The van der Waals surface area contributed by atoms with E-state index in [2.05, 4.69) is 26.9 Å². The van der Waals surface area contributed by atoms with Gasteiger partial charge in [-0.3, -0.25) is 14.7 Å². The summed E-state index contributed by atoms with van der Waals surface area (Å²) in [6, 6.07) is 16.0. The molecule has 31 heavy (non-hydrogen) atoms. The molecule has 1 fully saturated rings. The summed E-state index contributed by atoms with van der Waals surface area (Å²) < 4.78 is 0. The number of para-hydroxylation sites is 1. The van der Waals surface area contributed by atoms with Crippen LogP contribution in [0.4, 0.5) is 11.4 Å². The maximum Gasteiger partial charge on any atom is 0.241 e. The van der Waals surface area contributed by atoms with Crippen LogP contribution in [-0.2, 0) is 11.2 Å². The molecule has 156 valence electrons. The number of halogens is 1. The molecule has 7 heteroatoms. The van der Waals surface area contributed by atoms with Gasteiger partial charge in [-0.15, -0.1) is 0 Å². The molecule has 2 aliphatic heterocycles. The van der Waals surface area contributed by atoms with Crippen LogP contribution in [0.1, 0.15) is 11.1 Å². The lowest BCUT2D eigenvalue weighted by Crippen LogP contribution is -2.50. The minimum atomic E-state index is 0.150. The summed E-state index contributed by atoms with van der Waals surface area (Å²) in [5.74, 6) is 0.150. The van der Waals surface area contributed by atoms with Crippen LogP contribution in [0.3, 0.4) is 0 Å². The monoisotopic (exact) mass is 431 g/mol. The number of rotatable bonds is 3. The Labute approximate surface area is 186 Å². The number of nitrogens with zero attached hydrogens (tertiary/aromatic N) is 5. The number of hydrogen-bond donors (Lipinski definition) is 0. The Kier molecular flexibility index (Phi) is 5.23. The van der Waals surface area contributed by atoms with E-state index in [0.717, 1.165) is 61.4 Å². The smallest absolute Gasteiger partial charge is 0.241 e. The number of piperazine rings is 1. The van der Waals surface area contributed by atoms with Crippen molar-refractivity contribution in [1.29, 1.82) is 5.26 Å². The zero-order valence-corrected chi connectivity index (χ0v) is 17.8. The minimum absolute atomic E-state index is 0.150. The van der Waals surface area contributed by atoms with Crippen molar-refractivity contribution in [1.82, 2.24) is 9.88 Å². The lowest BCUT2D eigenvalue weighted by molar-refractivity contribution is -0.119. The number of fused-ring (bicyclic) bond motifs is 2. The molecule has 0 aliphatic carbocycles. The largest absolute Gasteiger partial charge is 0.367 e. The average Bonchev–Trinajstić information content (AvgIpc) is 3.23. The fourth-order valence-corrected chi connectivity index (χ4v) is 4.75. The van der Waals surface area contributed by atoms with E-state index in [1.807, 2.05) is 41.3 Å². The Morgan fingerprint density at radius 2 is 1.90 bits per heavy atom. The Bertz CT molecular complexity index is 1200. The van der Waals surface area contributed by atoms with Crippen LogP contribution < -0.4 is 9.80 Å². The van der Waals surface area contributed by atoms with Crippen LogP contribution in [0, 0.1) is 11.3 Å². The van der Waals surface area contributed by atoms with E-state index >= 15 is 0 Å². The number of nitriles is 1. The molecular formula is C24H22ClN5O. The zero-order valence-electron chi connectivity index (χ0n) is 17.1. The second kappa shape index (κ2) is 8.18. The number of anilines is 2. The Balaban J connectivity index is 1.30. The summed E-state index contributed by atoms with van der Waals surface area (Å²) >= 11 is 6.22. The SMILES string of the molecule is N#Cc1cnc2ccc(Cl)cc2c1N1CCN(CC(=O)N2CCc3ccccc32)CC1. The highest BCUT2D eigenvalue weighted by Crippen LogP contribution is 2.32. The van der Waals surface area contributed by atoms with Crippen molar-refractivity contribution < 1.29 is 4.79 Å². The topological polar surface area (TPSA) is 63.5 Å². The minimum Gasteiger partial charge on any atom is -0.367 e. The van der Waals surface area contributed by atoms with Crippen molar-refractivity contribution in [3.05, 3.63) is 64.8 Å². The predicted molar refractivity (Wildman–Crippen MR) is 123 cm³/mol. The average molecular weight is 432 g/mol. The van der Waals surface area contributed by atoms with Gasteiger partial charge >= 0.3 is 0 Å². The predicted octanol–water partition coefficient (Wildman–Crippen LogP) is 3.47. The first kappa shape index (κ1) is 19.8. The molecule has 0 bridgehead atoms. The fraction of sp³-hybridized carbons (Fsp3) is 0.292. The number of benzene rings is 2. The van der Waals surface area contributed by atoms with E-state index < -0.39 is 0 Å². The fourth-order valence-electron chi connectivity index (χ4n) is 4.58. The normalized spacial score (nSPS) is 16.4. The molecule has 0 radical (unpaired) electrons. The van der Waals surface area contributed by atoms with Crippen molar-refractivity contribution in [3.8, 4) is 6.07 Å². The molecular weight excluding hydrogens is 410 g/mol. The van der Waals surface area contributed by atoms with E-state index in [1.165, 1.54) is 5.56 Å². The van der Waals surface area contributed by atoms with E-state index in [4.69, 9.17) is 11.6 Å². The molecule has 6 nitrogen and oxygen atoms in total. The third-order valence-corrected chi connectivity index (χ3v) is 6.39. The highest BCUT2D eigenvalue weighted by Gasteiger charge is 2.28. The van der Waals surface area contributed by atoms with Gasteiger partial charge in [-0.2, -0.15) is 5.26 Å². The van der Waals surface area contributed by atoms with Gasteiger partial charge in [-0.25, -0.2) is 0 Å². The quantitative estimate of drug-likeness (QED) is 0.635. The molecule has 0 spiro atoms. The van der Waals surface area contributed by atoms with Gasteiger partial charge < -0.3 is 9.80 Å². The summed E-state index contributed by atoms with van der Waals surface area (Å²) in [7, 11) is 0. The van der Waals surface area contributed by atoms with Gasteiger partial charge in [0.15, 0.2) is 0 Å². The van der Waals surface area contributed by atoms with Crippen LogP contribution in [0.2, 0.25) is 5.02 Å². The third kappa shape index (κ3) is 3.71. The van der Waals surface area contributed by atoms with Crippen molar-refractivity contribution in [2.45, 2.75) is 6.42 Å². The van der Waals surface area contributed by atoms with Crippen LogP contribution >= 0.6 is 11.6 Å². The van der Waals surface area contributed by atoms with Crippen molar-refractivity contribution >= 4 is 39.8 Å². The number of carbonyl (C=O) groups excluding carboxylic acids is 1. The van der Waals surface area contributed by atoms with Crippen LogP contribution in [-0.4, -0.2) is 55.1 Å². The van der Waals surface area contributed by atoms with Crippen LogP contribution in [0.5, 0.6) is 0 Å². The molecule has 0 saturated carbocycles. The molecule has 2 aliphatic rings. The van der Waals surface area contributed by atoms with Crippen LogP contribution in [0.15, 0.2) is 48.7 Å². The van der Waals surface area contributed by atoms with Crippen molar-refractivity contribution in [2.75, 3.05) is 49.1 Å². The maximum absolute atomic E-state index is 12.9. The van der Waals surface area contributed by atoms with Crippen molar-refractivity contribution in [2.24, 2.45) is 0 Å². The van der Waals surface area contributed by atoms with Gasteiger partial charge in [0.05, 0.1) is 23.3 Å². The molecule has 5 rings (SSSR count). The molecule has 3 heterocycles. The van der Waals surface area contributed by atoms with Gasteiger partial charge in [0.1, 0.15) is 6.07 Å². The zero-order chi connectivity index (χ0) is 21.4. The molecule has 3 aromatic rings. The number of pyridine rings is 1. The second-order valence-electron chi connectivity index (χ2n) is 7.98. The standard InChI is InChI=1S/C24H22ClN5O/c25-19-5-6-21-20(13-19)24(18(14-26)15-27-21)29-11-9-28(10-12-29)16-23(31)30-8-7-17-3-1-2-4-22(17)30/h1-6,13,15H,7-12,16H2. The lowest BCUT2D eigenvalue weighted by atomic mass is 10.1. The van der Waals surface area contributed by atoms with E-state index in [0.29, 0.717) is 17.1 Å². The molecule has 1 amide bonds. The summed E-state index contributed by atoms with van der Waals surface area (Å²) in [6.07, 6.45) is 2.55. The number of carbonyl (C=O) groups is 1. The maximum atomic E-state index is 12.9. The number of aromatic nitrogens is 1.